The molecule has 4 nitrogen and oxygen atoms in total. The second kappa shape index (κ2) is 4.98. The van der Waals surface area contributed by atoms with Crippen LogP contribution in [-0.2, 0) is 0 Å². The van der Waals surface area contributed by atoms with Crippen molar-refractivity contribution in [3.63, 3.8) is 0 Å². The highest BCUT2D eigenvalue weighted by atomic mass is 35.5. The molecule has 0 aromatic heterocycles. The van der Waals surface area contributed by atoms with E-state index in [1.807, 2.05) is 0 Å². The Morgan fingerprint density at radius 1 is 1.22 bits per heavy atom. The maximum absolute atomic E-state index is 11.9. The molecule has 0 unspecified atom stereocenters. The molecule has 0 spiro atoms. The summed E-state index contributed by atoms with van der Waals surface area (Å²) >= 11 is 5.84. The molecule has 2 aromatic carbocycles. The van der Waals surface area contributed by atoms with E-state index in [-0.39, 0.29) is 11.7 Å². The lowest BCUT2D eigenvalue weighted by molar-refractivity contribution is 0.102. The average Bonchev–Trinajstić information content (AvgIpc) is 2.32. The molecule has 0 saturated heterocycles. The van der Waals surface area contributed by atoms with Gasteiger partial charge in [-0.1, -0.05) is 17.7 Å². The number of nitrogen functional groups attached to an aromatic ring is 1. The Kier molecular flexibility index (Phi) is 3.39. The third-order valence-corrected chi connectivity index (χ3v) is 2.69. The Labute approximate surface area is 109 Å². The number of phenols is 1. The van der Waals surface area contributed by atoms with Crippen molar-refractivity contribution in [2.45, 2.75) is 0 Å². The van der Waals surface area contributed by atoms with E-state index < -0.39 is 0 Å². The molecule has 0 fully saturated rings. The third-order valence-electron chi connectivity index (χ3n) is 2.37. The Morgan fingerprint density at radius 2 is 2.00 bits per heavy atom. The zero-order chi connectivity index (χ0) is 13.1. The summed E-state index contributed by atoms with van der Waals surface area (Å²) in [6.45, 7) is 0. The van der Waals surface area contributed by atoms with Gasteiger partial charge in [-0.2, -0.15) is 0 Å². The minimum absolute atomic E-state index is 0.0862. The van der Waals surface area contributed by atoms with E-state index in [4.69, 9.17) is 17.3 Å². The van der Waals surface area contributed by atoms with E-state index in [2.05, 4.69) is 5.32 Å². The molecule has 92 valence electrons. The molecule has 2 rings (SSSR count). The lowest BCUT2D eigenvalue weighted by atomic mass is 10.2. The van der Waals surface area contributed by atoms with Crippen molar-refractivity contribution in [1.29, 1.82) is 0 Å². The van der Waals surface area contributed by atoms with Gasteiger partial charge in [0.05, 0.1) is 10.7 Å². The summed E-state index contributed by atoms with van der Waals surface area (Å²) in [7, 11) is 0. The largest absolute Gasteiger partial charge is 0.508 e. The van der Waals surface area contributed by atoms with Gasteiger partial charge in [-0.3, -0.25) is 4.79 Å². The predicted octanol–water partition coefficient (Wildman–Crippen LogP) is 2.88. The van der Waals surface area contributed by atoms with Crippen molar-refractivity contribution in [2.24, 2.45) is 0 Å². The summed E-state index contributed by atoms with van der Waals surface area (Å²) in [5.74, 6) is -0.231. The standard InChI is InChI=1S/C13H11ClN2O2/c14-11-6-8(4-5-12(11)15)13(18)16-9-2-1-3-10(17)7-9/h1-7,17H,15H2,(H,16,18). The fraction of sp³-hybridized carbons (Fsp3) is 0. The molecule has 4 N–H and O–H groups in total. The zero-order valence-corrected chi connectivity index (χ0v) is 10.1. The van der Waals surface area contributed by atoms with Gasteiger partial charge in [-0.25, -0.2) is 0 Å². The fourth-order valence-corrected chi connectivity index (χ4v) is 1.64. The first-order valence-corrected chi connectivity index (χ1v) is 5.59. The second-order valence-corrected chi connectivity index (χ2v) is 4.15. The highest BCUT2D eigenvalue weighted by molar-refractivity contribution is 6.33. The quantitative estimate of drug-likeness (QED) is 0.729. The number of carbonyl (C=O) groups is 1. The zero-order valence-electron chi connectivity index (χ0n) is 9.35. The van der Waals surface area contributed by atoms with Gasteiger partial charge < -0.3 is 16.2 Å². The fourth-order valence-electron chi connectivity index (χ4n) is 1.46. The number of halogens is 1. The molecule has 18 heavy (non-hydrogen) atoms. The van der Waals surface area contributed by atoms with Crippen molar-refractivity contribution in [3.05, 3.63) is 53.1 Å². The van der Waals surface area contributed by atoms with Crippen LogP contribution in [0.2, 0.25) is 5.02 Å². The molecular weight excluding hydrogens is 252 g/mol. The second-order valence-electron chi connectivity index (χ2n) is 3.74. The maximum atomic E-state index is 11.9. The molecule has 0 radical (unpaired) electrons. The van der Waals surface area contributed by atoms with Gasteiger partial charge in [0, 0.05) is 17.3 Å². The number of nitrogens with one attached hydrogen (secondary N) is 1. The first-order chi connectivity index (χ1) is 8.56. The summed E-state index contributed by atoms with van der Waals surface area (Å²) < 4.78 is 0. The van der Waals surface area contributed by atoms with Gasteiger partial charge in [0.25, 0.3) is 5.91 Å². The number of carbonyl (C=O) groups excluding carboxylic acids is 1. The van der Waals surface area contributed by atoms with Crippen LogP contribution in [0, 0.1) is 0 Å². The van der Waals surface area contributed by atoms with Crippen LogP contribution in [0.15, 0.2) is 42.5 Å². The molecule has 0 aliphatic carbocycles. The number of phenolic OH excluding ortho intramolecular Hbond substituents is 1. The lowest BCUT2D eigenvalue weighted by Gasteiger charge is -2.06. The number of benzene rings is 2. The van der Waals surface area contributed by atoms with Gasteiger partial charge in [-0.15, -0.1) is 0 Å². The number of nitrogens with two attached hydrogens (primary N) is 1. The molecule has 0 atom stereocenters. The van der Waals surface area contributed by atoms with E-state index in [0.717, 1.165) is 0 Å². The molecule has 2 aromatic rings. The highest BCUT2D eigenvalue weighted by Crippen LogP contribution is 2.21. The van der Waals surface area contributed by atoms with Crippen LogP contribution in [0.1, 0.15) is 10.4 Å². The van der Waals surface area contributed by atoms with Crippen molar-refractivity contribution in [3.8, 4) is 5.75 Å². The molecule has 0 bridgehead atoms. The first kappa shape index (κ1) is 12.3. The summed E-state index contributed by atoms with van der Waals surface area (Å²) in [5, 5.41) is 12.3. The van der Waals surface area contributed by atoms with Gasteiger partial charge >= 0.3 is 0 Å². The topological polar surface area (TPSA) is 75.4 Å². The number of amides is 1. The van der Waals surface area contributed by atoms with Crippen molar-refractivity contribution >= 4 is 28.9 Å². The summed E-state index contributed by atoms with van der Waals surface area (Å²) in [6, 6.07) is 10.9. The van der Waals surface area contributed by atoms with Gasteiger partial charge in [-0.05, 0) is 30.3 Å². The Hall–Kier alpha value is -2.20. The Bertz CT molecular complexity index is 599. The predicted molar refractivity (Wildman–Crippen MR) is 71.9 cm³/mol. The van der Waals surface area contributed by atoms with E-state index >= 15 is 0 Å². The third kappa shape index (κ3) is 2.73. The van der Waals surface area contributed by atoms with Crippen LogP contribution in [-0.4, -0.2) is 11.0 Å². The number of aromatic hydroxyl groups is 1. The maximum Gasteiger partial charge on any atom is 0.255 e. The van der Waals surface area contributed by atoms with Crippen LogP contribution in [0.5, 0.6) is 5.75 Å². The minimum atomic E-state index is -0.317. The van der Waals surface area contributed by atoms with E-state index in [1.54, 1.807) is 24.3 Å². The summed E-state index contributed by atoms with van der Waals surface area (Å²) in [5.41, 5.74) is 6.89. The van der Waals surface area contributed by atoms with Crippen LogP contribution < -0.4 is 11.1 Å². The Balaban J connectivity index is 2.19. The number of hydrogen-bond donors (Lipinski definition) is 3. The van der Waals surface area contributed by atoms with Crippen molar-refractivity contribution < 1.29 is 9.90 Å². The van der Waals surface area contributed by atoms with Crippen LogP contribution in [0.25, 0.3) is 0 Å². The number of anilines is 2. The highest BCUT2D eigenvalue weighted by Gasteiger charge is 2.08. The molecule has 5 heteroatoms. The summed E-state index contributed by atoms with van der Waals surface area (Å²) in [4.78, 5) is 11.9. The normalized spacial score (nSPS) is 10.1. The van der Waals surface area contributed by atoms with E-state index in [0.29, 0.717) is 22.0 Å². The van der Waals surface area contributed by atoms with Gasteiger partial charge in [0.1, 0.15) is 5.75 Å². The molecule has 0 heterocycles. The first-order valence-electron chi connectivity index (χ1n) is 5.21. The minimum Gasteiger partial charge on any atom is -0.508 e. The monoisotopic (exact) mass is 262 g/mol. The number of hydrogen-bond acceptors (Lipinski definition) is 3. The Morgan fingerprint density at radius 3 is 2.67 bits per heavy atom. The average molecular weight is 263 g/mol. The van der Waals surface area contributed by atoms with Crippen LogP contribution in [0.4, 0.5) is 11.4 Å². The van der Waals surface area contributed by atoms with Gasteiger partial charge in [0.2, 0.25) is 0 Å². The smallest absolute Gasteiger partial charge is 0.255 e. The van der Waals surface area contributed by atoms with Crippen molar-refractivity contribution in [2.75, 3.05) is 11.1 Å². The lowest BCUT2D eigenvalue weighted by Crippen LogP contribution is -2.11. The van der Waals surface area contributed by atoms with Crippen molar-refractivity contribution in [1.82, 2.24) is 0 Å². The summed E-state index contributed by atoms with van der Waals surface area (Å²) in [6.07, 6.45) is 0. The van der Waals surface area contributed by atoms with E-state index in [1.165, 1.54) is 18.2 Å². The molecule has 0 saturated carbocycles. The molecular formula is C13H11ClN2O2. The van der Waals surface area contributed by atoms with Crippen LogP contribution >= 0.6 is 11.6 Å². The number of rotatable bonds is 2. The molecule has 1 amide bonds. The SMILES string of the molecule is Nc1ccc(C(=O)Nc2cccc(O)c2)cc1Cl. The van der Waals surface area contributed by atoms with Crippen LogP contribution in [0.3, 0.4) is 0 Å². The van der Waals surface area contributed by atoms with E-state index in [9.17, 15) is 9.90 Å². The van der Waals surface area contributed by atoms with Gasteiger partial charge in [0.15, 0.2) is 0 Å². The molecule has 0 aliphatic heterocycles. The molecule has 0 aliphatic rings.